The monoisotopic (exact) mass is 555 g/mol. The van der Waals surface area contributed by atoms with Gasteiger partial charge < -0.3 is 20.5 Å². The molecule has 0 saturated carbocycles. The van der Waals surface area contributed by atoms with E-state index in [1.54, 1.807) is 0 Å². The molecular formula is C33H37N3O5. The maximum absolute atomic E-state index is 13.6. The van der Waals surface area contributed by atoms with E-state index in [2.05, 4.69) is 51.9 Å². The Balaban J connectivity index is 1.29. The summed E-state index contributed by atoms with van der Waals surface area (Å²) in [6.07, 6.45) is 0.917. The number of benzene rings is 3. The summed E-state index contributed by atoms with van der Waals surface area (Å²) in [5.74, 6) is -1.67. The SMILES string of the molecule is CCCC(NC(=O)C1(NC(=O)OCC2c3ccccc3-c3ccccc32)CCN(Cc2ccccc2)CC1)C(=O)O. The highest BCUT2D eigenvalue weighted by Gasteiger charge is 2.44. The van der Waals surface area contributed by atoms with Crippen molar-refractivity contribution >= 4 is 18.0 Å². The van der Waals surface area contributed by atoms with Crippen LogP contribution in [0, 0.1) is 0 Å². The van der Waals surface area contributed by atoms with Gasteiger partial charge in [-0.1, -0.05) is 92.2 Å². The van der Waals surface area contributed by atoms with E-state index in [-0.39, 0.29) is 12.5 Å². The van der Waals surface area contributed by atoms with Crippen LogP contribution in [0.1, 0.15) is 55.2 Å². The average Bonchev–Trinajstić information content (AvgIpc) is 3.31. The number of amides is 2. The molecule has 1 heterocycles. The molecule has 8 nitrogen and oxygen atoms in total. The van der Waals surface area contributed by atoms with Gasteiger partial charge in [0.15, 0.2) is 0 Å². The number of carboxylic acids is 1. The van der Waals surface area contributed by atoms with Crippen LogP contribution in [-0.4, -0.2) is 59.3 Å². The number of ether oxygens (including phenoxy) is 1. The van der Waals surface area contributed by atoms with Gasteiger partial charge in [-0.3, -0.25) is 9.69 Å². The lowest BCUT2D eigenvalue weighted by molar-refractivity contribution is -0.143. The van der Waals surface area contributed by atoms with E-state index < -0.39 is 29.6 Å². The van der Waals surface area contributed by atoms with Crippen LogP contribution in [0.15, 0.2) is 78.9 Å². The number of likely N-dealkylation sites (tertiary alicyclic amines) is 1. The van der Waals surface area contributed by atoms with E-state index >= 15 is 0 Å². The topological polar surface area (TPSA) is 108 Å². The molecule has 3 N–H and O–H groups in total. The van der Waals surface area contributed by atoms with Crippen LogP contribution in [0.5, 0.6) is 0 Å². The first-order valence-electron chi connectivity index (χ1n) is 14.3. The molecule has 8 heteroatoms. The van der Waals surface area contributed by atoms with Gasteiger partial charge in [0.25, 0.3) is 0 Å². The molecule has 3 aromatic carbocycles. The molecule has 1 aliphatic carbocycles. The van der Waals surface area contributed by atoms with Gasteiger partial charge in [0.05, 0.1) is 0 Å². The van der Waals surface area contributed by atoms with Crippen molar-refractivity contribution < 1.29 is 24.2 Å². The number of nitrogens with one attached hydrogen (secondary N) is 2. The lowest BCUT2D eigenvalue weighted by Crippen LogP contribution is -2.64. The van der Waals surface area contributed by atoms with Crippen molar-refractivity contribution in [1.29, 1.82) is 0 Å². The molecular weight excluding hydrogens is 518 g/mol. The maximum atomic E-state index is 13.6. The van der Waals surface area contributed by atoms with Crippen molar-refractivity contribution in [3.05, 3.63) is 95.6 Å². The number of aliphatic carboxylic acids is 1. The van der Waals surface area contributed by atoms with Crippen LogP contribution in [0.2, 0.25) is 0 Å². The van der Waals surface area contributed by atoms with E-state index in [0.717, 1.165) is 28.8 Å². The fraction of sp³-hybridized carbons (Fsp3) is 0.364. The molecule has 41 heavy (non-hydrogen) atoms. The molecule has 1 aliphatic heterocycles. The highest BCUT2D eigenvalue weighted by molar-refractivity contribution is 5.93. The quantitative estimate of drug-likeness (QED) is 0.328. The zero-order chi connectivity index (χ0) is 28.8. The molecule has 0 aromatic heterocycles. The highest BCUT2D eigenvalue weighted by atomic mass is 16.5. The van der Waals surface area contributed by atoms with Crippen LogP contribution in [0.3, 0.4) is 0 Å². The Morgan fingerprint density at radius 3 is 2.10 bits per heavy atom. The van der Waals surface area contributed by atoms with Crippen LogP contribution in [-0.2, 0) is 20.9 Å². The number of hydrogen-bond acceptors (Lipinski definition) is 5. The minimum absolute atomic E-state index is 0.105. The maximum Gasteiger partial charge on any atom is 0.408 e. The fourth-order valence-electron chi connectivity index (χ4n) is 6.02. The molecule has 0 spiro atoms. The molecule has 1 atom stereocenters. The predicted octanol–water partition coefficient (Wildman–Crippen LogP) is 4.93. The van der Waals surface area contributed by atoms with Crippen molar-refractivity contribution in [2.75, 3.05) is 19.7 Å². The zero-order valence-corrected chi connectivity index (χ0v) is 23.3. The molecule has 3 aromatic rings. The van der Waals surface area contributed by atoms with Crippen LogP contribution < -0.4 is 10.6 Å². The van der Waals surface area contributed by atoms with Gasteiger partial charge >= 0.3 is 12.1 Å². The number of hydrogen-bond donors (Lipinski definition) is 3. The number of carbonyl (C=O) groups is 3. The van der Waals surface area contributed by atoms with Gasteiger partial charge in [-0.25, -0.2) is 9.59 Å². The van der Waals surface area contributed by atoms with Gasteiger partial charge in [0.1, 0.15) is 18.2 Å². The Labute approximate surface area is 240 Å². The second-order valence-electron chi connectivity index (χ2n) is 10.9. The third kappa shape index (κ3) is 6.28. The number of nitrogens with zero attached hydrogens (tertiary/aromatic N) is 1. The Morgan fingerprint density at radius 1 is 0.927 bits per heavy atom. The molecule has 0 bridgehead atoms. The van der Waals surface area contributed by atoms with Gasteiger partial charge in [0.2, 0.25) is 5.91 Å². The van der Waals surface area contributed by atoms with Gasteiger partial charge in [-0.15, -0.1) is 0 Å². The molecule has 1 saturated heterocycles. The van der Waals surface area contributed by atoms with E-state index in [1.807, 2.05) is 49.4 Å². The molecule has 0 radical (unpaired) electrons. The summed E-state index contributed by atoms with van der Waals surface area (Å²) < 4.78 is 5.78. The third-order valence-corrected chi connectivity index (χ3v) is 8.26. The van der Waals surface area contributed by atoms with Crippen molar-refractivity contribution in [2.45, 2.75) is 56.7 Å². The first-order valence-corrected chi connectivity index (χ1v) is 14.3. The summed E-state index contributed by atoms with van der Waals surface area (Å²) >= 11 is 0. The lowest BCUT2D eigenvalue weighted by atomic mass is 9.86. The van der Waals surface area contributed by atoms with Crippen molar-refractivity contribution in [3.8, 4) is 11.1 Å². The Hall–Kier alpha value is -4.17. The largest absolute Gasteiger partial charge is 0.480 e. The second-order valence-corrected chi connectivity index (χ2v) is 10.9. The number of carboxylic acid groups (broad SMARTS) is 1. The first kappa shape index (κ1) is 28.4. The molecule has 1 fully saturated rings. The highest BCUT2D eigenvalue weighted by Crippen LogP contribution is 2.44. The van der Waals surface area contributed by atoms with Gasteiger partial charge in [-0.2, -0.15) is 0 Å². The van der Waals surface area contributed by atoms with Gasteiger partial charge in [-0.05, 0) is 47.1 Å². The third-order valence-electron chi connectivity index (χ3n) is 8.26. The minimum Gasteiger partial charge on any atom is -0.480 e. The molecule has 5 rings (SSSR count). The lowest BCUT2D eigenvalue weighted by Gasteiger charge is -2.41. The molecule has 1 unspecified atom stereocenters. The van der Waals surface area contributed by atoms with Crippen molar-refractivity contribution in [1.82, 2.24) is 15.5 Å². The summed E-state index contributed by atoms with van der Waals surface area (Å²) in [4.78, 5) is 41.0. The Bertz CT molecular complexity index is 1340. The van der Waals surface area contributed by atoms with Crippen LogP contribution in [0.4, 0.5) is 4.79 Å². The average molecular weight is 556 g/mol. The van der Waals surface area contributed by atoms with Crippen LogP contribution in [0.25, 0.3) is 11.1 Å². The molecule has 2 aliphatic rings. The van der Waals surface area contributed by atoms with E-state index in [1.165, 1.54) is 5.56 Å². The Kier molecular flexibility index (Phi) is 8.69. The second kappa shape index (κ2) is 12.6. The predicted molar refractivity (Wildman–Crippen MR) is 156 cm³/mol. The number of rotatable bonds is 10. The first-order chi connectivity index (χ1) is 19.9. The smallest absolute Gasteiger partial charge is 0.408 e. The van der Waals surface area contributed by atoms with Gasteiger partial charge in [0, 0.05) is 25.6 Å². The summed E-state index contributed by atoms with van der Waals surface area (Å²) in [6, 6.07) is 25.3. The van der Waals surface area contributed by atoms with E-state index in [4.69, 9.17) is 4.74 Å². The van der Waals surface area contributed by atoms with Crippen LogP contribution >= 0.6 is 0 Å². The number of carbonyl (C=O) groups excluding carboxylic acids is 2. The van der Waals surface area contributed by atoms with E-state index in [9.17, 15) is 19.5 Å². The number of fused-ring (bicyclic) bond motifs is 3. The standard InChI is InChI=1S/C33H37N3O5/c1-2-10-29(30(37)38)34-31(39)33(17-19-36(20-18-33)21-23-11-4-3-5-12-23)35-32(40)41-22-28-26-15-8-6-13-24(26)25-14-7-9-16-27(25)28/h3-9,11-16,28-29H,2,10,17-22H2,1H3,(H,34,39)(H,35,40)(H,37,38). The van der Waals surface area contributed by atoms with Crippen molar-refractivity contribution in [3.63, 3.8) is 0 Å². The summed E-state index contributed by atoms with van der Waals surface area (Å²) in [5.41, 5.74) is 4.38. The summed E-state index contributed by atoms with van der Waals surface area (Å²) in [5, 5.41) is 15.2. The Morgan fingerprint density at radius 2 is 1.51 bits per heavy atom. The summed E-state index contributed by atoms with van der Waals surface area (Å²) in [6.45, 7) is 3.87. The fourth-order valence-corrected chi connectivity index (χ4v) is 6.02. The molecule has 214 valence electrons. The summed E-state index contributed by atoms with van der Waals surface area (Å²) in [7, 11) is 0. The minimum atomic E-state index is -1.27. The normalized spacial score (nSPS) is 16.7. The van der Waals surface area contributed by atoms with Crippen molar-refractivity contribution in [2.24, 2.45) is 0 Å². The molecule has 2 amide bonds. The number of piperidine rings is 1. The number of alkyl carbamates (subject to hydrolysis) is 1. The zero-order valence-electron chi connectivity index (χ0n) is 23.3. The van der Waals surface area contributed by atoms with E-state index in [0.29, 0.717) is 38.8 Å².